The first-order valence-electron chi connectivity index (χ1n) is 6.22. The Bertz CT molecular complexity index is 413. The molecule has 1 aliphatic rings. The highest BCUT2D eigenvalue weighted by Gasteiger charge is 2.38. The molecule has 2 nitrogen and oxygen atoms in total. The summed E-state index contributed by atoms with van der Waals surface area (Å²) in [7, 11) is 1.67. The number of ether oxygens (including phenoxy) is 1. The van der Waals surface area contributed by atoms with Gasteiger partial charge in [-0.25, -0.2) is 4.39 Å². The molecule has 100 valence electrons. The van der Waals surface area contributed by atoms with E-state index in [4.69, 9.17) is 16.3 Å². The molecule has 0 amide bonds. The predicted molar refractivity (Wildman–Crippen MR) is 69.3 cm³/mol. The Morgan fingerprint density at radius 3 is 2.78 bits per heavy atom. The highest BCUT2D eigenvalue weighted by Crippen LogP contribution is 2.39. The van der Waals surface area contributed by atoms with Crippen LogP contribution in [0.1, 0.15) is 31.2 Å². The minimum absolute atomic E-state index is 0.200. The maximum absolute atomic E-state index is 13.5. The number of hydrogen-bond acceptors (Lipinski definition) is 2. The smallest absolute Gasteiger partial charge is 0.126 e. The molecule has 1 unspecified atom stereocenters. The van der Waals surface area contributed by atoms with Crippen molar-refractivity contribution in [2.75, 3.05) is 7.11 Å². The van der Waals surface area contributed by atoms with E-state index >= 15 is 0 Å². The number of methoxy groups -OCH3 is 1. The van der Waals surface area contributed by atoms with E-state index in [1.807, 2.05) is 0 Å². The average molecular weight is 273 g/mol. The summed E-state index contributed by atoms with van der Waals surface area (Å²) < 4.78 is 19.0. The maximum atomic E-state index is 13.5. The molecule has 0 spiro atoms. The van der Waals surface area contributed by atoms with Gasteiger partial charge in [-0.1, -0.05) is 11.6 Å². The highest BCUT2D eigenvalue weighted by atomic mass is 35.5. The van der Waals surface area contributed by atoms with Gasteiger partial charge in [0, 0.05) is 25.0 Å². The number of halogens is 2. The van der Waals surface area contributed by atoms with Crippen LogP contribution < -0.4 is 0 Å². The average Bonchev–Trinajstić information content (AvgIpc) is 2.28. The molecule has 1 aromatic carbocycles. The summed E-state index contributed by atoms with van der Waals surface area (Å²) in [4.78, 5) is 0. The molecule has 1 N–H and O–H groups in total. The summed E-state index contributed by atoms with van der Waals surface area (Å²) in [5.41, 5.74) is 0.259. The molecule has 18 heavy (non-hydrogen) atoms. The number of hydrogen-bond donors (Lipinski definition) is 1. The molecule has 0 bridgehead atoms. The number of aliphatic hydroxyl groups is 1. The van der Waals surface area contributed by atoms with Crippen LogP contribution >= 0.6 is 11.6 Å². The second-order valence-corrected chi connectivity index (χ2v) is 5.47. The van der Waals surface area contributed by atoms with Gasteiger partial charge in [0.15, 0.2) is 0 Å². The molecule has 1 fully saturated rings. The van der Waals surface area contributed by atoms with Crippen LogP contribution in [0.2, 0.25) is 5.02 Å². The Morgan fingerprint density at radius 1 is 1.50 bits per heavy atom. The SMILES string of the molecule is COC1(CC(O)Cc2cc(Cl)ccc2F)CCC1. The Morgan fingerprint density at radius 2 is 2.22 bits per heavy atom. The van der Waals surface area contributed by atoms with Gasteiger partial charge < -0.3 is 9.84 Å². The largest absolute Gasteiger partial charge is 0.393 e. The molecule has 1 saturated carbocycles. The molecular formula is C14H18ClFO2. The van der Waals surface area contributed by atoms with E-state index in [9.17, 15) is 9.50 Å². The van der Waals surface area contributed by atoms with E-state index < -0.39 is 6.10 Å². The molecule has 1 aliphatic carbocycles. The van der Waals surface area contributed by atoms with Crippen LogP contribution in [0, 0.1) is 5.82 Å². The zero-order valence-electron chi connectivity index (χ0n) is 10.5. The van der Waals surface area contributed by atoms with Crippen LogP contribution in [-0.4, -0.2) is 23.9 Å². The third-order valence-corrected chi connectivity index (χ3v) is 4.00. The first kappa shape index (κ1) is 13.8. The molecule has 0 saturated heterocycles. The molecule has 0 aromatic heterocycles. The van der Waals surface area contributed by atoms with E-state index in [2.05, 4.69) is 0 Å². The van der Waals surface area contributed by atoms with Crippen LogP contribution in [0.4, 0.5) is 4.39 Å². The minimum atomic E-state index is -0.599. The van der Waals surface area contributed by atoms with Gasteiger partial charge in [0.1, 0.15) is 5.82 Å². The van der Waals surface area contributed by atoms with Crippen LogP contribution in [0.5, 0.6) is 0 Å². The Kier molecular flexibility index (Phi) is 4.25. The zero-order valence-corrected chi connectivity index (χ0v) is 11.2. The fraction of sp³-hybridized carbons (Fsp3) is 0.571. The van der Waals surface area contributed by atoms with Crippen molar-refractivity contribution in [3.8, 4) is 0 Å². The Balaban J connectivity index is 1.98. The van der Waals surface area contributed by atoms with Gasteiger partial charge in [-0.2, -0.15) is 0 Å². The van der Waals surface area contributed by atoms with Crippen molar-refractivity contribution in [3.05, 3.63) is 34.6 Å². The van der Waals surface area contributed by atoms with E-state index in [1.54, 1.807) is 13.2 Å². The van der Waals surface area contributed by atoms with Gasteiger partial charge in [-0.15, -0.1) is 0 Å². The van der Waals surface area contributed by atoms with Crippen molar-refractivity contribution in [2.45, 2.75) is 43.8 Å². The van der Waals surface area contributed by atoms with Crippen LogP contribution in [0.15, 0.2) is 18.2 Å². The topological polar surface area (TPSA) is 29.5 Å². The summed E-state index contributed by atoms with van der Waals surface area (Å²) in [6.07, 6.45) is 3.30. The van der Waals surface area contributed by atoms with Crippen LogP contribution in [-0.2, 0) is 11.2 Å². The third kappa shape index (κ3) is 3.02. The van der Waals surface area contributed by atoms with Crippen molar-refractivity contribution in [1.82, 2.24) is 0 Å². The van der Waals surface area contributed by atoms with Gasteiger partial charge in [0.2, 0.25) is 0 Å². The molecular weight excluding hydrogens is 255 g/mol. The number of rotatable bonds is 5. The van der Waals surface area contributed by atoms with E-state index in [-0.39, 0.29) is 17.8 Å². The predicted octanol–water partition coefficient (Wildman–Crippen LogP) is 3.34. The van der Waals surface area contributed by atoms with Gasteiger partial charge >= 0.3 is 0 Å². The molecule has 0 aliphatic heterocycles. The van der Waals surface area contributed by atoms with E-state index in [0.717, 1.165) is 19.3 Å². The number of benzene rings is 1. The Hall–Kier alpha value is -0.640. The number of aliphatic hydroxyl groups excluding tert-OH is 1. The molecule has 0 heterocycles. The second kappa shape index (κ2) is 5.55. The molecule has 2 rings (SSSR count). The van der Waals surface area contributed by atoms with Crippen molar-refractivity contribution >= 4 is 11.6 Å². The monoisotopic (exact) mass is 272 g/mol. The van der Waals surface area contributed by atoms with Crippen molar-refractivity contribution in [2.24, 2.45) is 0 Å². The van der Waals surface area contributed by atoms with Crippen LogP contribution in [0.3, 0.4) is 0 Å². The van der Waals surface area contributed by atoms with Crippen molar-refractivity contribution in [3.63, 3.8) is 0 Å². The lowest BCUT2D eigenvalue weighted by Gasteiger charge is -2.41. The van der Waals surface area contributed by atoms with Crippen LogP contribution in [0.25, 0.3) is 0 Å². The van der Waals surface area contributed by atoms with Gasteiger partial charge in [-0.05, 0) is 43.0 Å². The molecule has 1 aromatic rings. The lowest BCUT2D eigenvalue weighted by atomic mass is 9.75. The third-order valence-electron chi connectivity index (χ3n) is 3.77. The summed E-state index contributed by atoms with van der Waals surface area (Å²) in [5, 5.41) is 10.5. The summed E-state index contributed by atoms with van der Waals surface area (Å²) in [5.74, 6) is -0.321. The minimum Gasteiger partial charge on any atom is -0.393 e. The molecule has 4 heteroatoms. The van der Waals surface area contributed by atoms with Crippen molar-refractivity contribution < 1.29 is 14.2 Å². The first-order valence-corrected chi connectivity index (χ1v) is 6.60. The lowest BCUT2D eigenvalue weighted by molar-refractivity contribution is -0.0989. The molecule has 0 radical (unpaired) electrons. The lowest BCUT2D eigenvalue weighted by Crippen LogP contribution is -2.42. The van der Waals surface area contributed by atoms with Crippen molar-refractivity contribution in [1.29, 1.82) is 0 Å². The Labute approximate surface area is 112 Å². The van der Waals surface area contributed by atoms with E-state index in [0.29, 0.717) is 17.0 Å². The summed E-state index contributed by atoms with van der Waals surface area (Å²) in [6, 6.07) is 4.41. The zero-order chi connectivity index (χ0) is 13.2. The van der Waals surface area contributed by atoms with E-state index in [1.165, 1.54) is 12.1 Å². The fourth-order valence-corrected chi connectivity index (χ4v) is 2.71. The molecule has 1 atom stereocenters. The second-order valence-electron chi connectivity index (χ2n) is 5.04. The highest BCUT2D eigenvalue weighted by molar-refractivity contribution is 6.30. The summed E-state index contributed by atoms with van der Waals surface area (Å²) >= 11 is 5.83. The van der Waals surface area contributed by atoms with Gasteiger partial charge in [-0.3, -0.25) is 0 Å². The quantitative estimate of drug-likeness (QED) is 0.891. The first-order chi connectivity index (χ1) is 8.54. The maximum Gasteiger partial charge on any atom is 0.126 e. The standard InChI is InChI=1S/C14H18ClFO2/c1-18-14(5-2-6-14)9-12(17)8-10-7-11(15)3-4-13(10)16/h3-4,7,12,17H,2,5-6,8-9H2,1H3. The van der Waals surface area contributed by atoms with Gasteiger partial charge in [0.25, 0.3) is 0 Å². The van der Waals surface area contributed by atoms with Gasteiger partial charge in [0.05, 0.1) is 11.7 Å². The fourth-order valence-electron chi connectivity index (χ4n) is 2.52. The normalized spacial score (nSPS) is 19.3. The summed E-state index contributed by atoms with van der Waals surface area (Å²) in [6.45, 7) is 0.